The minimum Gasteiger partial charge on any atom is -0.546 e. The van der Waals surface area contributed by atoms with Gasteiger partial charge in [0, 0.05) is 0 Å². The number of carbonyl (C=O) groups excluding carboxylic acids is 1. The fourth-order valence-corrected chi connectivity index (χ4v) is 2.35. The van der Waals surface area contributed by atoms with E-state index < -0.39 is 12.6 Å². The number of rotatable bonds is 5. The number of aliphatic carboxylic acids is 1. The molecule has 0 saturated heterocycles. The van der Waals surface area contributed by atoms with Gasteiger partial charge in [0.2, 0.25) is 0 Å². The predicted molar refractivity (Wildman–Crippen MR) is 84.5 cm³/mol. The first kappa shape index (κ1) is 16.7. The number of halogens is 2. The van der Waals surface area contributed by atoms with E-state index >= 15 is 0 Å². The van der Waals surface area contributed by atoms with E-state index in [-0.39, 0.29) is 5.82 Å². The van der Waals surface area contributed by atoms with Crippen LogP contribution >= 0.6 is 15.9 Å². The van der Waals surface area contributed by atoms with E-state index in [4.69, 9.17) is 4.74 Å². The van der Waals surface area contributed by atoms with Crippen LogP contribution in [-0.4, -0.2) is 12.6 Å². The van der Waals surface area contributed by atoms with Crippen LogP contribution in [0.5, 0.6) is 5.75 Å². The Morgan fingerprint density at radius 2 is 2.00 bits per heavy atom. The summed E-state index contributed by atoms with van der Waals surface area (Å²) in [5.41, 5.74) is 1.68. The van der Waals surface area contributed by atoms with Crippen molar-refractivity contribution in [2.75, 3.05) is 6.61 Å². The topological polar surface area (TPSA) is 73.1 Å². The van der Waals surface area contributed by atoms with Crippen LogP contribution in [0, 0.1) is 17.1 Å². The molecule has 116 valence electrons. The van der Waals surface area contributed by atoms with Crippen molar-refractivity contribution < 1.29 is 19.0 Å². The van der Waals surface area contributed by atoms with Crippen molar-refractivity contribution in [1.29, 1.82) is 5.26 Å². The lowest BCUT2D eigenvalue weighted by atomic mass is 10.0. The number of nitriles is 1. The van der Waals surface area contributed by atoms with E-state index in [0.29, 0.717) is 26.9 Å². The molecular formula is C17H10BrFNO3-. The smallest absolute Gasteiger partial charge is 0.134 e. The summed E-state index contributed by atoms with van der Waals surface area (Å²) in [4.78, 5) is 10.4. The first-order valence-corrected chi connectivity index (χ1v) is 7.29. The number of hydrogen-bond acceptors (Lipinski definition) is 4. The van der Waals surface area contributed by atoms with Gasteiger partial charge in [-0.05, 0) is 57.4 Å². The van der Waals surface area contributed by atoms with Gasteiger partial charge >= 0.3 is 0 Å². The minimum absolute atomic E-state index is 0.353. The van der Waals surface area contributed by atoms with Gasteiger partial charge in [-0.3, -0.25) is 0 Å². The van der Waals surface area contributed by atoms with E-state index in [1.807, 2.05) is 0 Å². The second kappa shape index (κ2) is 7.56. The maximum Gasteiger partial charge on any atom is 0.134 e. The molecular weight excluding hydrogens is 365 g/mol. The summed E-state index contributed by atoms with van der Waals surface area (Å²) in [6, 6.07) is 12.6. The summed E-state index contributed by atoms with van der Waals surface area (Å²) in [5.74, 6) is -1.33. The number of ether oxygens (including phenoxy) is 1. The van der Waals surface area contributed by atoms with Gasteiger partial charge in [0.15, 0.2) is 0 Å². The molecule has 0 saturated carbocycles. The number of carbonyl (C=O) groups is 1. The molecule has 4 nitrogen and oxygen atoms in total. The van der Waals surface area contributed by atoms with Gasteiger partial charge in [0.05, 0.1) is 22.1 Å². The highest BCUT2D eigenvalue weighted by atomic mass is 79.9. The van der Waals surface area contributed by atoms with Crippen molar-refractivity contribution in [3.8, 4) is 11.8 Å². The van der Waals surface area contributed by atoms with Crippen LogP contribution < -0.4 is 9.84 Å². The van der Waals surface area contributed by atoms with Crippen LogP contribution in [-0.2, 0) is 4.79 Å². The maximum absolute atomic E-state index is 12.9. The molecule has 0 spiro atoms. The molecule has 0 atom stereocenters. The zero-order valence-electron chi connectivity index (χ0n) is 11.8. The van der Waals surface area contributed by atoms with Crippen LogP contribution in [0.1, 0.15) is 11.1 Å². The molecule has 0 aliphatic rings. The molecule has 23 heavy (non-hydrogen) atoms. The number of hydrogen-bond donors (Lipinski definition) is 0. The van der Waals surface area contributed by atoms with Crippen LogP contribution in [0.3, 0.4) is 0 Å². The molecule has 0 unspecified atom stereocenters. The molecule has 0 fully saturated rings. The number of carboxylic acids is 1. The molecule has 0 N–H and O–H groups in total. The van der Waals surface area contributed by atoms with E-state index in [1.165, 1.54) is 24.3 Å². The monoisotopic (exact) mass is 374 g/mol. The molecule has 0 aromatic heterocycles. The van der Waals surface area contributed by atoms with Gasteiger partial charge in [-0.15, -0.1) is 0 Å². The SMILES string of the molecule is N#C/C(=C\c1ccc(OCC(=O)[O-])c(Br)c1)c1ccc(F)cc1. The van der Waals surface area contributed by atoms with E-state index in [2.05, 4.69) is 22.0 Å². The zero-order chi connectivity index (χ0) is 16.8. The van der Waals surface area contributed by atoms with Crippen molar-refractivity contribution in [2.45, 2.75) is 0 Å². The first-order valence-electron chi connectivity index (χ1n) is 6.49. The van der Waals surface area contributed by atoms with Crippen molar-refractivity contribution in [3.63, 3.8) is 0 Å². The summed E-state index contributed by atoms with van der Waals surface area (Å²) in [6.45, 7) is -0.549. The summed E-state index contributed by atoms with van der Waals surface area (Å²) in [6.07, 6.45) is 1.64. The van der Waals surface area contributed by atoms with Gasteiger partial charge in [0.1, 0.15) is 18.2 Å². The van der Waals surface area contributed by atoms with Gasteiger partial charge in [-0.1, -0.05) is 18.2 Å². The van der Waals surface area contributed by atoms with Crippen LogP contribution in [0.25, 0.3) is 11.6 Å². The highest BCUT2D eigenvalue weighted by Crippen LogP contribution is 2.28. The Bertz CT molecular complexity index is 794. The lowest BCUT2D eigenvalue weighted by Crippen LogP contribution is -2.29. The number of carboxylic acid groups (broad SMARTS) is 1. The summed E-state index contributed by atoms with van der Waals surface area (Å²) >= 11 is 3.27. The fraction of sp³-hybridized carbons (Fsp3) is 0.0588. The molecule has 2 rings (SSSR count). The maximum atomic E-state index is 12.9. The highest BCUT2D eigenvalue weighted by Gasteiger charge is 2.05. The van der Waals surface area contributed by atoms with Crippen molar-refractivity contribution in [2.24, 2.45) is 0 Å². The summed E-state index contributed by atoms with van der Waals surface area (Å²) < 4.78 is 18.5. The molecule has 2 aromatic carbocycles. The third-order valence-corrected chi connectivity index (χ3v) is 3.51. The third-order valence-electron chi connectivity index (χ3n) is 2.89. The van der Waals surface area contributed by atoms with Gasteiger partial charge in [-0.25, -0.2) is 4.39 Å². The standard InChI is InChI=1S/C17H11BrFNO3/c18-15-8-11(1-6-16(15)23-10-17(21)22)7-13(9-20)12-2-4-14(19)5-3-12/h1-8H,10H2,(H,21,22)/p-1/b13-7+. The van der Waals surface area contributed by atoms with Crippen LogP contribution in [0.2, 0.25) is 0 Å². The first-order chi connectivity index (χ1) is 11.0. The second-order valence-corrected chi connectivity index (χ2v) is 5.38. The summed E-state index contributed by atoms with van der Waals surface area (Å²) in [7, 11) is 0. The Kier molecular flexibility index (Phi) is 5.50. The number of allylic oxidation sites excluding steroid dienone is 1. The molecule has 0 aliphatic carbocycles. The Balaban J connectivity index is 2.27. The predicted octanol–water partition coefficient (Wildman–Crippen LogP) is 2.78. The van der Waals surface area contributed by atoms with Crippen molar-refractivity contribution in [3.05, 3.63) is 63.9 Å². The lowest BCUT2D eigenvalue weighted by Gasteiger charge is -2.09. The van der Waals surface area contributed by atoms with Gasteiger partial charge in [-0.2, -0.15) is 5.26 Å². The minimum atomic E-state index is -1.32. The fourth-order valence-electron chi connectivity index (χ4n) is 1.84. The number of benzene rings is 2. The quantitative estimate of drug-likeness (QED) is 0.595. The molecule has 0 heterocycles. The molecule has 0 aliphatic heterocycles. The largest absolute Gasteiger partial charge is 0.546 e. The normalized spacial score (nSPS) is 10.9. The van der Waals surface area contributed by atoms with E-state index in [0.717, 1.165) is 0 Å². The number of nitrogens with zero attached hydrogens (tertiary/aromatic N) is 1. The Morgan fingerprint density at radius 3 is 2.57 bits per heavy atom. The molecule has 0 bridgehead atoms. The summed E-state index contributed by atoms with van der Waals surface area (Å²) in [5, 5.41) is 19.7. The van der Waals surface area contributed by atoms with Crippen molar-refractivity contribution >= 4 is 33.5 Å². The van der Waals surface area contributed by atoms with Gasteiger partial charge < -0.3 is 14.6 Å². The van der Waals surface area contributed by atoms with E-state index in [1.54, 1.807) is 24.3 Å². The Labute approximate surface area is 140 Å². The van der Waals surface area contributed by atoms with Gasteiger partial charge in [0.25, 0.3) is 0 Å². The highest BCUT2D eigenvalue weighted by molar-refractivity contribution is 9.10. The zero-order valence-corrected chi connectivity index (χ0v) is 13.3. The Morgan fingerprint density at radius 1 is 1.30 bits per heavy atom. The lowest BCUT2D eigenvalue weighted by molar-refractivity contribution is -0.307. The van der Waals surface area contributed by atoms with Crippen molar-refractivity contribution in [1.82, 2.24) is 0 Å². The van der Waals surface area contributed by atoms with Crippen LogP contribution in [0.15, 0.2) is 46.9 Å². The van der Waals surface area contributed by atoms with E-state index in [9.17, 15) is 19.6 Å². The molecule has 6 heteroatoms. The third kappa shape index (κ3) is 4.66. The second-order valence-electron chi connectivity index (χ2n) is 4.53. The molecule has 2 aromatic rings. The Hall–Kier alpha value is -2.65. The average molecular weight is 375 g/mol. The molecule has 0 amide bonds. The average Bonchev–Trinajstić information content (AvgIpc) is 2.52. The molecule has 0 radical (unpaired) electrons. The van der Waals surface area contributed by atoms with Crippen LogP contribution in [0.4, 0.5) is 4.39 Å².